The Hall–Kier alpha value is -3.16. The number of likely N-dealkylation sites (tertiary alicyclic amines) is 1. The predicted octanol–water partition coefficient (Wildman–Crippen LogP) is 4.81. The molecule has 0 aliphatic carbocycles. The van der Waals surface area contributed by atoms with Gasteiger partial charge in [0.25, 0.3) is 0 Å². The van der Waals surface area contributed by atoms with E-state index in [1.165, 1.54) is 0 Å². The third-order valence-corrected chi connectivity index (χ3v) is 5.70. The molecular weight excluding hydrogens is 428 g/mol. The summed E-state index contributed by atoms with van der Waals surface area (Å²) in [6, 6.07) is 14.8. The molecule has 3 aromatic rings. The molecule has 1 aromatic heterocycles. The van der Waals surface area contributed by atoms with Crippen LogP contribution in [-0.4, -0.2) is 40.6 Å². The molecule has 32 heavy (non-hydrogen) atoms. The van der Waals surface area contributed by atoms with Crippen molar-refractivity contribution in [2.24, 2.45) is 5.92 Å². The summed E-state index contributed by atoms with van der Waals surface area (Å²) in [5.74, 6) is 1.72. The number of hydrogen-bond acceptors (Lipinski definition) is 6. The van der Waals surface area contributed by atoms with Crippen LogP contribution in [0.4, 0.5) is 5.69 Å². The van der Waals surface area contributed by atoms with Crippen molar-refractivity contribution >= 4 is 23.2 Å². The standard InChI is InChI=1S/C24H25ClN4O3/c1-2-14-31-19-7-5-6-18(15-19)26-24(30)17-10-12-29(13-11-17)16-22-27-23(28-32-22)20-8-3-4-9-21(20)25/h2-9,15,17H,1,10-14,16H2,(H,26,30). The van der Waals surface area contributed by atoms with Gasteiger partial charge in [-0.15, -0.1) is 0 Å². The maximum atomic E-state index is 12.7. The summed E-state index contributed by atoms with van der Waals surface area (Å²) >= 11 is 6.21. The molecule has 1 fully saturated rings. The van der Waals surface area contributed by atoms with E-state index < -0.39 is 0 Å². The van der Waals surface area contributed by atoms with Gasteiger partial charge in [0.2, 0.25) is 17.6 Å². The van der Waals surface area contributed by atoms with Gasteiger partial charge in [-0.25, -0.2) is 0 Å². The van der Waals surface area contributed by atoms with Gasteiger partial charge in [-0.05, 0) is 50.2 Å². The van der Waals surface area contributed by atoms with Gasteiger partial charge < -0.3 is 14.6 Å². The van der Waals surface area contributed by atoms with E-state index in [4.69, 9.17) is 20.9 Å². The summed E-state index contributed by atoms with van der Waals surface area (Å²) in [6.45, 7) is 6.18. The monoisotopic (exact) mass is 452 g/mol. The number of rotatable bonds is 8. The van der Waals surface area contributed by atoms with Crippen LogP contribution in [0.2, 0.25) is 5.02 Å². The highest BCUT2D eigenvalue weighted by atomic mass is 35.5. The molecule has 1 aliphatic heterocycles. The van der Waals surface area contributed by atoms with Crippen LogP contribution in [0, 0.1) is 5.92 Å². The molecular formula is C24H25ClN4O3. The lowest BCUT2D eigenvalue weighted by molar-refractivity contribution is -0.121. The topological polar surface area (TPSA) is 80.5 Å². The van der Waals surface area contributed by atoms with E-state index in [1.54, 1.807) is 12.1 Å². The number of nitrogens with zero attached hydrogens (tertiary/aromatic N) is 3. The van der Waals surface area contributed by atoms with Gasteiger partial charge >= 0.3 is 0 Å². The minimum Gasteiger partial charge on any atom is -0.489 e. The molecule has 8 heteroatoms. The van der Waals surface area contributed by atoms with Gasteiger partial charge in [0.1, 0.15) is 12.4 Å². The van der Waals surface area contributed by atoms with Gasteiger partial charge in [-0.2, -0.15) is 4.98 Å². The molecule has 166 valence electrons. The second-order valence-electron chi connectivity index (χ2n) is 7.66. The fraction of sp³-hybridized carbons (Fsp3) is 0.292. The number of halogens is 1. The largest absolute Gasteiger partial charge is 0.489 e. The lowest BCUT2D eigenvalue weighted by Crippen LogP contribution is -2.37. The van der Waals surface area contributed by atoms with Gasteiger partial charge in [0.15, 0.2) is 0 Å². The summed E-state index contributed by atoms with van der Waals surface area (Å²) < 4.78 is 10.9. The van der Waals surface area contributed by atoms with Gasteiger partial charge in [0.05, 0.1) is 11.6 Å². The van der Waals surface area contributed by atoms with Crippen molar-refractivity contribution in [2.45, 2.75) is 19.4 Å². The number of aromatic nitrogens is 2. The van der Waals surface area contributed by atoms with E-state index >= 15 is 0 Å². The Kier molecular flexibility index (Phi) is 7.19. The molecule has 0 radical (unpaired) electrons. The first-order chi connectivity index (χ1) is 15.6. The second kappa shape index (κ2) is 10.4. The molecule has 0 spiro atoms. The van der Waals surface area contributed by atoms with Gasteiger partial charge in [-0.3, -0.25) is 9.69 Å². The number of nitrogens with one attached hydrogen (secondary N) is 1. The predicted molar refractivity (Wildman–Crippen MR) is 124 cm³/mol. The van der Waals surface area contributed by atoms with Crippen molar-refractivity contribution in [3.63, 3.8) is 0 Å². The Labute approximate surface area is 192 Å². The van der Waals surface area contributed by atoms with Crippen LogP contribution >= 0.6 is 11.6 Å². The van der Waals surface area contributed by atoms with Crippen LogP contribution in [0.15, 0.2) is 65.7 Å². The minimum atomic E-state index is -0.0367. The van der Waals surface area contributed by atoms with Crippen LogP contribution < -0.4 is 10.1 Å². The zero-order valence-corrected chi connectivity index (χ0v) is 18.4. The van der Waals surface area contributed by atoms with Gasteiger partial charge in [-0.1, -0.05) is 47.6 Å². The molecule has 1 saturated heterocycles. The van der Waals surface area contributed by atoms with Crippen molar-refractivity contribution in [3.8, 4) is 17.1 Å². The molecule has 2 heterocycles. The normalized spacial score (nSPS) is 14.8. The van der Waals surface area contributed by atoms with Crippen molar-refractivity contribution in [1.82, 2.24) is 15.0 Å². The smallest absolute Gasteiger partial charge is 0.241 e. The SMILES string of the molecule is C=CCOc1cccc(NC(=O)C2CCN(Cc3nc(-c4ccccc4Cl)no3)CC2)c1. The Morgan fingerprint density at radius 1 is 1.25 bits per heavy atom. The summed E-state index contributed by atoms with van der Waals surface area (Å²) in [5.41, 5.74) is 1.48. The van der Waals surface area contributed by atoms with Crippen molar-refractivity contribution < 1.29 is 14.1 Å². The second-order valence-corrected chi connectivity index (χ2v) is 8.07. The lowest BCUT2D eigenvalue weighted by Gasteiger charge is -2.30. The van der Waals surface area contributed by atoms with Crippen molar-refractivity contribution in [2.75, 3.05) is 25.0 Å². The maximum Gasteiger partial charge on any atom is 0.241 e. The van der Waals surface area contributed by atoms with Crippen LogP contribution in [0.25, 0.3) is 11.4 Å². The highest BCUT2D eigenvalue weighted by molar-refractivity contribution is 6.33. The van der Waals surface area contributed by atoms with Crippen LogP contribution in [0.1, 0.15) is 18.7 Å². The molecule has 0 saturated carbocycles. The third kappa shape index (κ3) is 5.55. The third-order valence-electron chi connectivity index (χ3n) is 5.37. The summed E-state index contributed by atoms with van der Waals surface area (Å²) in [4.78, 5) is 19.4. The van der Waals surface area contributed by atoms with E-state index in [9.17, 15) is 4.79 Å². The van der Waals surface area contributed by atoms with Gasteiger partial charge in [0, 0.05) is 23.2 Å². The number of benzene rings is 2. The number of carbonyl (C=O) groups is 1. The molecule has 0 bridgehead atoms. The Morgan fingerprint density at radius 3 is 2.84 bits per heavy atom. The maximum absolute atomic E-state index is 12.7. The summed E-state index contributed by atoms with van der Waals surface area (Å²) in [5, 5.41) is 7.64. The number of anilines is 1. The lowest BCUT2D eigenvalue weighted by atomic mass is 9.96. The molecule has 1 aliphatic rings. The average Bonchev–Trinajstić information content (AvgIpc) is 3.27. The molecule has 7 nitrogen and oxygen atoms in total. The van der Waals surface area contributed by atoms with E-state index in [0.717, 1.165) is 37.2 Å². The summed E-state index contributed by atoms with van der Waals surface area (Å²) in [7, 11) is 0. The van der Waals surface area contributed by atoms with E-state index in [1.807, 2.05) is 42.5 Å². The van der Waals surface area contributed by atoms with Crippen LogP contribution in [0.3, 0.4) is 0 Å². The van der Waals surface area contributed by atoms with Crippen LogP contribution in [0.5, 0.6) is 5.75 Å². The quantitative estimate of drug-likeness (QED) is 0.494. The first kappa shape index (κ1) is 22.0. The molecule has 4 rings (SSSR count). The molecule has 2 aromatic carbocycles. The fourth-order valence-electron chi connectivity index (χ4n) is 3.68. The molecule has 0 atom stereocenters. The molecule has 1 N–H and O–H groups in total. The van der Waals surface area contributed by atoms with E-state index in [2.05, 4.69) is 26.9 Å². The Morgan fingerprint density at radius 2 is 2.06 bits per heavy atom. The van der Waals surface area contributed by atoms with E-state index in [0.29, 0.717) is 35.6 Å². The van der Waals surface area contributed by atoms with Crippen molar-refractivity contribution in [1.29, 1.82) is 0 Å². The average molecular weight is 453 g/mol. The zero-order chi connectivity index (χ0) is 22.3. The number of ether oxygens (including phenoxy) is 1. The van der Waals surface area contributed by atoms with Crippen molar-refractivity contribution in [3.05, 3.63) is 72.1 Å². The van der Waals surface area contributed by atoms with Crippen LogP contribution in [-0.2, 0) is 11.3 Å². The number of hydrogen-bond donors (Lipinski definition) is 1. The Bertz CT molecular complexity index is 1080. The molecule has 0 unspecified atom stereocenters. The first-order valence-corrected chi connectivity index (χ1v) is 10.9. The number of piperidine rings is 1. The first-order valence-electron chi connectivity index (χ1n) is 10.6. The summed E-state index contributed by atoms with van der Waals surface area (Å²) in [6.07, 6.45) is 3.22. The highest BCUT2D eigenvalue weighted by Gasteiger charge is 2.26. The minimum absolute atomic E-state index is 0.0318. The zero-order valence-electron chi connectivity index (χ0n) is 17.7. The fourth-order valence-corrected chi connectivity index (χ4v) is 3.90. The Balaban J connectivity index is 1.28. The molecule has 1 amide bonds. The highest BCUT2D eigenvalue weighted by Crippen LogP contribution is 2.26. The van der Waals surface area contributed by atoms with E-state index in [-0.39, 0.29) is 11.8 Å². The number of carbonyl (C=O) groups excluding carboxylic acids is 1. The number of amides is 1.